The molecule has 0 N–H and O–H groups in total. The van der Waals surface area contributed by atoms with Crippen molar-refractivity contribution < 1.29 is 9.59 Å². The number of ketones is 2. The van der Waals surface area contributed by atoms with E-state index in [0.29, 0.717) is 24.4 Å². The third-order valence-corrected chi connectivity index (χ3v) is 5.78. The molecule has 29 heavy (non-hydrogen) atoms. The van der Waals surface area contributed by atoms with Gasteiger partial charge in [0.1, 0.15) is 0 Å². The highest BCUT2D eigenvalue weighted by Crippen LogP contribution is 2.33. The molecule has 0 saturated heterocycles. The van der Waals surface area contributed by atoms with Gasteiger partial charge in [-0.25, -0.2) is 0 Å². The Kier molecular flexibility index (Phi) is 6.57. The molecule has 2 nitrogen and oxygen atoms in total. The quantitative estimate of drug-likeness (QED) is 0.490. The molecule has 0 fully saturated rings. The van der Waals surface area contributed by atoms with E-state index in [1.807, 2.05) is 18.2 Å². The lowest BCUT2D eigenvalue weighted by molar-refractivity contribution is 0.0986. The molecule has 0 unspecified atom stereocenters. The minimum atomic E-state index is 0. The van der Waals surface area contributed by atoms with E-state index in [2.05, 4.69) is 59.7 Å². The van der Waals surface area contributed by atoms with E-state index < -0.39 is 0 Å². The summed E-state index contributed by atoms with van der Waals surface area (Å²) in [4.78, 5) is 23.0. The fraction of sp³-hybridized carbons (Fsp3) is 0.481. The normalized spacial score (nSPS) is 15.2. The van der Waals surface area contributed by atoms with Crippen LogP contribution in [0.25, 0.3) is 0 Å². The van der Waals surface area contributed by atoms with E-state index >= 15 is 0 Å². The van der Waals surface area contributed by atoms with Crippen LogP contribution in [0.2, 0.25) is 0 Å². The average Bonchev–Trinajstić information content (AvgIpc) is 3.17. The van der Waals surface area contributed by atoms with Gasteiger partial charge in [0.05, 0.1) is 0 Å². The second kappa shape index (κ2) is 8.26. The van der Waals surface area contributed by atoms with Gasteiger partial charge in [-0.2, -0.15) is 0 Å². The Hall–Kier alpha value is -2.22. The fourth-order valence-corrected chi connectivity index (χ4v) is 4.12. The molecular weight excluding hydrogens is 356 g/mol. The number of benzene rings is 2. The molecule has 0 bridgehead atoms. The molecule has 2 aromatic rings. The van der Waals surface area contributed by atoms with Crippen LogP contribution >= 0.6 is 0 Å². The van der Waals surface area contributed by atoms with E-state index in [-0.39, 0.29) is 18.3 Å². The zero-order valence-corrected chi connectivity index (χ0v) is 18.1. The van der Waals surface area contributed by atoms with Crippen molar-refractivity contribution in [2.75, 3.05) is 0 Å². The van der Waals surface area contributed by atoms with Gasteiger partial charge in [-0.3, -0.25) is 9.59 Å². The van der Waals surface area contributed by atoms with Gasteiger partial charge in [-0.1, -0.05) is 85.4 Å². The molecule has 2 heteroatoms. The van der Waals surface area contributed by atoms with Crippen LogP contribution in [0.5, 0.6) is 0 Å². The minimum absolute atomic E-state index is 0. The number of fused-ring (bicyclic) bond motifs is 2. The van der Waals surface area contributed by atoms with Crippen molar-refractivity contribution in [2.45, 2.75) is 85.5 Å². The number of hydrogen-bond acceptors (Lipinski definition) is 2. The Morgan fingerprint density at radius 1 is 0.690 bits per heavy atom. The molecule has 2 aliphatic rings. The van der Waals surface area contributed by atoms with Crippen molar-refractivity contribution in [1.29, 1.82) is 0 Å². The summed E-state index contributed by atoms with van der Waals surface area (Å²) in [6.07, 6.45) is 3.26. The predicted molar refractivity (Wildman–Crippen MR) is 122 cm³/mol. The summed E-state index contributed by atoms with van der Waals surface area (Å²) in [6, 6.07) is 12.4. The molecule has 0 atom stereocenters. The summed E-state index contributed by atoms with van der Waals surface area (Å²) in [7, 11) is 0. The van der Waals surface area contributed by atoms with E-state index in [0.717, 1.165) is 24.0 Å². The van der Waals surface area contributed by atoms with E-state index in [4.69, 9.17) is 0 Å². The molecule has 4 rings (SSSR count). The standard InChI is InChI=1S/2C13H16O.CH4/c1-13(2,3)10-5-6-11-9(8-10)4-7-12(11)14;1-13(2,3)11-6-4-5-10-9(11)7-8-12(10)14;/h5-6,8H,4,7H2,1-3H3;4-6H,7-8H2,1-3H3;1H4. The van der Waals surface area contributed by atoms with Gasteiger partial charge >= 0.3 is 0 Å². The molecular formula is C27H36O2. The van der Waals surface area contributed by atoms with Gasteiger partial charge in [-0.05, 0) is 45.9 Å². The van der Waals surface area contributed by atoms with Crippen LogP contribution < -0.4 is 0 Å². The second-order valence-electron chi connectivity index (χ2n) is 10.0. The highest BCUT2D eigenvalue weighted by Gasteiger charge is 2.26. The number of hydrogen-bond donors (Lipinski definition) is 0. The SMILES string of the molecule is C.CC(C)(C)c1ccc2c(c1)CCC2=O.CC(C)(C)c1cccc2c1CCC2=O. The van der Waals surface area contributed by atoms with Gasteiger partial charge in [0.2, 0.25) is 0 Å². The highest BCUT2D eigenvalue weighted by molar-refractivity contribution is 6.01. The molecule has 2 aromatic carbocycles. The van der Waals surface area contributed by atoms with E-state index in [1.54, 1.807) is 0 Å². The summed E-state index contributed by atoms with van der Waals surface area (Å²) < 4.78 is 0. The van der Waals surface area contributed by atoms with Crippen molar-refractivity contribution in [3.05, 3.63) is 69.8 Å². The number of rotatable bonds is 0. The molecule has 0 heterocycles. The number of carbonyl (C=O) groups is 2. The molecule has 2 aliphatic carbocycles. The first kappa shape index (κ1) is 23.1. The monoisotopic (exact) mass is 392 g/mol. The smallest absolute Gasteiger partial charge is 0.163 e. The van der Waals surface area contributed by atoms with Crippen LogP contribution in [-0.2, 0) is 23.7 Å². The van der Waals surface area contributed by atoms with Crippen molar-refractivity contribution in [3.8, 4) is 0 Å². The fourth-order valence-electron chi connectivity index (χ4n) is 4.12. The Bertz CT molecular complexity index is 921. The van der Waals surface area contributed by atoms with Gasteiger partial charge in [0, 0.05) is 24.0 Å². The number of carbonyl (C=O) groups excluding carboxylic acids is 2. The minimum Gasteiger partial charge on any atom is -0.294 e. The summed E-state index contributed by atoms with van der Waals surface area (Å²) in [6.45, 7) is 13.2. The third kappa shape index (κ3) is 4.86. The lowest BCUT2D eigenvalue weighted by atomic mass is 9.82. The second-order valence-corrected chi connectivity index (χ2v) is 10.0. The molecule has 0 spiro atoms. The third-order valence-electron chi connectivity index (χ3n) is 5.78. The van der Waals surface area contributed by atoms with Crippen molar-refractivity contribution in [2.24, 2.45) is 0 Å². The lowest BCUT2D eigenvalue weighted by Gasteiger charge is -2.22. The number of aryl methyl sites for hydroxylation is 1. The zero-order valence-electron chi connectivity index (χ0n) is 18.1. The number of Topliss-reactive ketones (excluding diaryl/α,β-unsaturated/α-hetero) is 2. The summed E-state index contributed by atoms with van der Waals surface area (Å²) >= 11 is 0. The zero-order chi connectivity index (χ0) is 20.7. The van der Waals surface area contributed by atoms with Gasteiger partial charge in [0.25, 0.3) is 0 Å². The van der Waals surface area contributed by atoms with Gasteiger partial charge < -0.3 is 0 Å². The largest absolute Gasteiger partial charge is 0.294 e. The first-order valence-electron chi connectivity index (χ1n) is 10.3. The van der Waals surface area contributed by atoms with Crippen LogP contribution in [0.4, 0.5) is 0 Å². The molecule has 0 saturated carbocycles. The predicted octanol–water partition coefficient (Wildman–Crippen LogP) is 6.86. The van der Waals surface area contributed by atoms with E-state index in [1.165, 1.54) is 22.3 Å². The van der Waals surface area contributed by atoms with Crippen LogP contribution in [0, 0.1) is 0 Å². The average molecular weight is 393 g/mol. The summed E-state index contributed by atoms with van der Waals surface area (Å²) in [5, 5.41) is 0. The Labute approximate surface area is 176 Å². The topological polar surface area (TPSA) is 34.1 Å². The van der Waals surface area contributed by atoms with Crippen LogP contribution in [0.15, 0.2) is 36.4 Å². The maximum absolute atomic E-state index is 11.5. The summed E-state index contributed by atoms with van der Waals surface area (Å²) in [5.74, 6) is 0.617. The summed E-state index contributed by atoms with van der Waals surface area (Å²) in [5.41, 5.74) is 7.41. The maximum atomic E-state index is 11.5. The molecule has 0 aliphatic heterocycles. The first-order chi connectivity index (χ1) is 13.0. The van der Waals surface area contributed by atoms with Gasteiger partial charge in [-0.15, -0.1) is 0 Å². The van der Waals surface area contributed by atoms with Crippen molar-refractivity contribution >= 4 is 11.6 Å². The van der Waals surface area contributed by atoms with Crippen LogP contribution in [0.1, 0.15) is 105 Å². The maximum Gasteiger partial charge on any atom is 0.163 e. The molecule has 0 radical (unpaired) electrons. The first-order valence-corrected chi connectivity index (χ1v) is 10.3. The van der Waals surface area contributed by atoms with Crippen molar-refractivity contribution in [3.63, 3.8) is 0 Å². The van der Waals surface area contributed by atoms with Crippen molar-refractivity contribution in [1.82, 2.24) is 0 Å². The Morgan fingerprint density at radius 2 is 1.31 bits per heavy atom. The lowest BCUT2D eigenvalue weighted by Crippen LogP contribution is -2.14. The molecule has 156 valence electrons. The van der Waals surface area contributed by atoms with Crippen LogP contribution in [0.3, 0.4) is 0 Å². The van der Waals surface area contributed by atoms with Gasteiger partial charge in [0.15, 0.2) is 11.6 Å². The molecule has 0 aromatic heterocycles. The highest BCUT2D eigenvalue weighted by atomic mass is 16.1. The Balaban J connectivity index is 0.000000200. The molecule has 0 amide bonds. The Morgan fingerprint density at radius 3 is 1.93 bits per heavy atom. The van der Waals surface area contributed by atoms with E-state index in [9.17, 15) is 9.59 Å². The van der Waals surface area contributed by atoms with Crippen LogP contribution in [-0.4, -0.2) is 11.6 Å².